The van der Waals surface area contributed by atoms with Crippen LogP contribution in [-0.4, -0.2) is 44.8 Å². The Morgan fingerprint density at radius 1 is 1.15 bits per heavy atom. The normalized spacial score (nSPS) is 12.1. The molecule has 0 saturated carbocycles. The summed E-state index contributed by atoms with van der Waals surface area (Å²) in [5, 5.41) is 19.6. The Morgan fingerprint density at radius 3 is 2.55 bits per heavy atom. The molecule has 0 bridgehead atoms. The van der Waals surface area contributed by atoms with E-state index < -0.39 is 6.23 Å². The standard InChI is InChI=1S/C25H26FN5O2/c1-15-23(16(2)31(29-15)14-17-9-11-18(26)12-10-17)28-24(32)20-13-22(25(33)30(3)4)27-21-8-6-5-7-19(20)21/h5-13,24,28,32H,14H2,1-4H3. The van der Waals surface area contributed by atoms with Gasteiger partial charge in [0.15, 0.2) is 6.23 Å². The maximum Gasteiger partial charge on any atom is 0.271 e. The van der Waals surface area contributed by atoms with Crippen LogP contribution in [0.2, 0.25) is 0 Å². The summed E-state index contributed by atoms with van der Waals surface area (Å²) in [4.78, 5) is 18.5. The first-order valence-electron chi connectivity index (χ1n) is 10.6. The molecule has 0 fully saturated rings. The topological polar surface area (TPSA) is 83.3 Å². The van der Waals surface area contributed by atoms with Crippen molar-refractivity contribution in [3.8, 4) is 0 Å². The van der Waals surface area contributed by atoms with Crippen LogP contribution >= 0.6 is 0 Å². The summed E-state index contributed by atoms with van der Waals surface area (Å²) in [6, 6.07) is 15.3. The van der Waals surface area contributed by atoms with Crippen molar-refractivity contribution in [2.24, 2.45) is 0 Å². The average Bonchev–Trinajstić information content (AvgIpc) is 3.06. The Morgan fingerprint density at radius 2 is 1.85 bits per heavy atom. The van der Waals surface area contributed by atoms with Gasteiger partial charge in [-0.05, 0) is 43.7 Å². The molecule has 1 unspecified atom stereocenters. The fourth-order valence-electron chi connectivity index (χ4n) is 3.80. The van der Waals surface area contributed by atoms with Crippen LogP contribution in [0.25, 0.3) is 10.9 Å². The highest BCUT2D eigenvalue weighted by Crippen LogP contribution is 2.29. The SMILES string of the molecule is Cc1nn(Cc2ccc(F)cc2)c(C)c1NC(O)c1cc(C(=O)N(C)C)nc2ccccc12. The number of para-hydroxylation sites is 1. The van der Waals surface area contributed by atoms with Gasteiger partial charge in [0.1, 0.15) is 11.5 Å². The molecule has 2 aromatic heterocycles. The van der Waals surface area contributed by atoms with Crippen LogP contribution in [0, 0.1) is 19.7 Å². The van der Waals surface area contributed by atoms with Crippen LogP contribution in [0.3, 0.4) is 0 Å². The number of carbonyl (C=O) groups excluding carboxylic acids is 1. The lowest BCUT2D eigenvalue weighted by Gasteiger charge is -2.19. The number of amides is 1. The van der Waals surface area contributed by atoms with Crippen molar-refractivity contribution < 1.29 is 14.3 Å². The summed E-state index contributed by atoms with van der Waals surface area (Å²) in [5.41, 5.74) is 4.61. The zero-order chi connectivity index (χ0) is 23.7. The van der Waals surface area contributed by atoms with Crippen molar-refractivity contribution in [2.45, 2.75) is 26.6 Å². The first kappa shape index (κ1) is 22.4. The van der Waals surface area contributed by atoms with Crippen LogP contribution in [-0.2, 0) is 6.54 Å². The fourth-order valence-corrected chi connectivity index (χ4v) is 3.80. The highest BCUT2D eigenvalue weighted by atomic mass is 19.1. The number of aliphatic hydroxyl groups is 1. The minimum atomic E-state index is -1.09. The monoisotopic (exact) mass is 447 g/mol. The molecule has 2 aromatic carbocycles. The van der Waals surface area contributed by atoms with Crippen LogP contribution in [0.1, 0.15) is 39.2 Å². The highest BCUT2D eigenvalue weighted by molar-refractivity contribution is 5.96. The van der Waals surface area contributed by atoms with Crippen molar-refractivity contribution in [3.05, 3.63) is 88.6 Å². The van der Waals surface area contributed by atoms with E-state index in [0.717, 1.165) is 22.3 Å². The van der Waals surface area contributed by atoms with E-state index >= 15 is 0 Å². The molecule has 33 heavy (non-hydrogen) atoms. The summed E-state index contributed by atoms with van der Waals surface area (Å²) in [6.07, 6.45) is -1.09. The van der Waals surface area contributed by atoms with Gasteiger partial charge in [0.25, 0.3) is 5.91 Å². The number of benzene rings is 2. The number of aromatic nitrogens is 3. The first-order chi connectivity index (χ1) is 15.7. The molecule has 0 aliphatic carbocycles. The molecule has 1 amide bonds. The number of fused-ring (bicyclic) bond motifs is 1. The number of carbonyl (C=O) groups is 1. The van der Waals surface area contributed by atoms with E-state index in [1.165, 1.54) is 17.0 Å². The zero-order valence-electron chi connectivity index (χ0n) is 19.0. The lowest BCUT2D eigenvalue weighted by molar-refractivity contribution is 0.0822. The van der Waals surface area contributed by atoms with E-state index in [9.17, 15) is 14.3 Å². The summed E-state index contributed by atoms with van der Waals surface area (Å²) < 4.78 is 15.0. The third-order valence-electron chi connectivity index (χ3n) is 5.58. The van der Waals surface area contributed by atoms with Gasteiger partial charge in [0, 0.05) is 25.0 Å². The number of aliphatic hydroxyl groups excluding tert-OH is 1. The van der Waals surface area contributed by atoms with Gasteiger partial charge in [0.05, 0.1) is 29.1 Å². The van der Waals surface area contributed by atoms with E-state index in [1.54, 1.807) is 32.3 Å². The van der Waals surface area contributed by atoms with Crippen LogP contribution < -0.4 is 5.32 Å². The molecular formula is C25H26FN5O2. The summed E-state index contributed by atoms with van der Waals surface area (Å²) in [6.45, 7) is 4.24. The molecule has 0 aliphatic heterocycles. The number of hydrogen-bond acceptors (Lipinski definition) is 5. The number of hydrogen-bond donors (Lipinski definition) is 2. The largest absolute Gasteiger partial charge is 0.369 e. The number of anilines is 1. The van der Waals surface area contributed by atoms with Crippen LogP contribution in [0.5, 0.6) is 0 Å². The third-order valence-corrected chi connectivity index (χ3v) is 5.58. The van der Waals surface area contributed by atoms with E-state index in [-0.39, 0.29) is 17.4 Å². The second-order valence-electron chi connectivity index (χ2n) is 8.19. The number of halogens is 1. The maximum absolute atomic E-state index is 13.2. The number of aryl methyl sites for hydroxylation is 1. The summed E-state index contributed by atoms with van der Waals surface area (Å²) in [5.74, 6) is -0.525. The van der Waals surface area contributed by atoms with Crippen molar-refractivity contribution in [1.82, 2.24) is 19.7 Å². The van der Waals surface area contributed by atoms with Gasteiger partial charge in [-0.3, -0.25) is 9.48 Å². The lowest BCUT2D eigenvalue weighted by Crippen LogP contribution is -2.23. The molecule has 170 valence electrons. The molecule has 0 saturated heterocycles. The highest BCUT2D eigenvalue weighted by Gasteiger charge is 2.21. The second kappa shape index (κ2) is 8.99. The number of nitrogens with one attached hydrogen (secondary N) is 1. The Balaban J connectivity index is 1.67. The molecule has 8 heteroatoms. The smallest absolute Gasteiger partial charge is 0.271 e. The van der Waals surface area contributed by atoms with Crippen molar-refractivity contribution >= 4 is 22.5 Å². The van der Waals surface area contributed by atoms with Crippen molar-refractivity contribution in [2.75, 3.05) is 19.4 Å². The molecule has 2 heterocycles. The Kier molecular flexibility index (Phi) is 6.11. The van der Waals surface area contributed by atoms with Gasteiger partial charge < -0.3 is 15.3 Å². The molecule has 0 aliphatic rings. The first-order valence-corrected chi connectivity index (χ1v) is 10.6. The number of pyridine rings is 1. The van der Waals surface area contributed by atoms with Crippen molar-refractivity contribution in [1.29, 1.82) is 0 Å². The molecule has 2 N–H and O–H groups in total. The molecule has 0 radical (unpaired) electrons. The van der Waals surface area contributed by atoms with E-state index in [0.29, 0.717) is 23.3 Å². The molecule has 4 rings (SSSR count). The third kappa shape index (κ3) is 4.56. The fraction of sp³-hybridized carbons (Fsp3) is 0.240. The molecule has 0 spiro atoms. The molecule has 4 aromatic rings. The van der Waals surface area contributed by atoms with Crippen LogP contribution in [0.4, 0.5) is 10.1 Å². The quantitative estimate of drug-likeness (QED) is 0.436. The zero-order valence-corrected chi connectivity index (χ0v) is 19.0. The summed E-state index contributed by atoms with van der Waals surface area (Å²) in [7, 11) is 3.32. The van der Waals surface area contributed by atoms with Gasteiger partial charge in [-0.25, -0.2) is 9.37 Å². The predicted molar refractivity (Wildman–Crippen MR) is 126 cm³/mol. The minimum Gasteiger partial charge on any atom is -0.369 e. The Bertz CT molecular complexity index is 1310. The molecule has 7 nitrogen and oxygen atoms in total. The van der Waals surface area contributed by atoms with Gasteiger partial charge >= 0.3 is 0 Å². The van der Waals surface area contributed by atoms with Crippen molar-refractivity contribution in [3.63, 3.8) is 0 Å². The number of nitrogens with zero attached hydrogens (tertiary/aromatic N) is 4. The Labute approximate surface area is 191 Å². The summed E-state index contributed by atoms with van der Waals surface area (Å²) >= 11 is 0. The maximum atomic E-state index is 13.2. The Hall–Kier alpha value is -3.78. The van der Waals surface area contributed by atoms with Crippen LogP contribution in [0.15, 0.2) is 54.6 Å². The van der Waals surface area contributed by atoms with Gasteiger partial charge in [0.2, 0.25) is 0 Å². The lowest BCUT2D eigenvalue weighted by atomic mass is 10.1. The molecule has 1 atom stereocenters. The minimum absolute atomic E-state index is 0.242. The average molecular weight is 448 g/mol. The molecular weight excluding hydrogens is 421 g/mol. The van der Waals surface area contributed by atoms with E-state index in [1.807, 2.05) is 42.8 Å². The second-order valence-corrected chi connectivity index (χ2v) is 8.19. The van der Waals surface area contributed by atoms with Gasteiger partial charge in [-0.2, -0.15) is 5.10 Å². The van der Waals surface area contributed by atoms with E-state index in [4.69, 9.17) is 0 Å². The van der Waals surface area contributed by atoms with E-state index in [2.05, 4.69) is 15.4 Å². The number of rotatable bonds is 6. The van der Waals surface area contributed by atoms with Gasteiger partial charge in [-0.15, -0.1) is 0 Å². The van der Waals surface area contributed by atoms with Gasteiger partial charge in [-0.1, -0.05) is 30.3 Å². The predicted octanol–water partition coefficient (Wildman–Crippen LogP) is 4.04.